The first kappa shape index (κ1) is 18.3. The number of anilines is 1. The zero-order chi connectivity index (χ0) is 18.4. The van der Waals surface area contributed by atoms with Gasteiger partial charge in [-0.25, -0.2) is 9.18 Å². The van der Waals surface area contributed by atoms with Gasteiger partial charge >= 0.3 is 6.03 Å². The number of ether oxygens (including phenoxy) is 1. The Balaban J connectivity index is 1.38. The van der Waals surface area contributed by atoms with E-state index in [1.165, 1.54) is 6.07 Å². The van der Waals surface area contributed by atoms with Gasteiger partial charge in [-0.15, -0.1) is 0 Å². The fourth-order valence-corrected chi connectivity index (χ4v) is 2.95. The van der Waals surface area contributed by atoms with Crippen molar-refractivity contribution in [1.82, 2.24) is 10.2 Å². The first-order chi connectivity index (χ1) is 12.6. The maximum Gasteiger partial charge on any atom is 0.317 e. The smallest absolute Gasteiger partial charge is 0.317 e. The standard InChI is InChI=1S/C19H21ClFN3O2/c20-15-5-7-16(8-6-15)26-14-9-22-19(25)24-12-10-23(11-13-24)18-4-2-1-3-17(18)21/h1-8H,9-14H2,(H,22,25). The lowest BCUT2D eigenvalue weighted by molar-refractivity contribution is 0.191. The van der Waals surface area contributed by atoms with Crippen LogP contribution in [0.4, 0.5) is 14.9 Å². The molecule has 0 aromatic heterocycles. The lowest BCUT2D eigenvalue weighted by atomic mass is 10.2. The molecule has 1 saturated heterocycles. The summed E-state index contributed by atoms with van der Waals surface area (Å²) in [6.07, 6.45) is 0. The van der Waals surface area contributed by atoms with Crippen LogP contribution in [0, 0.1) is 5.82 Å². The van der Waals surface area contributed by atoms with E-state index in [0.717, 1.165) is 0 Å². The minimum atomic E-state index is -0.232. The highest BCUT2D eigenvalue weighted by Gasteiger charge is 2.22. The lowest BCUT2D eigenvalue weighted by Gasteiger charge is -2.36. The van der Waals surface area contributed by atoms with E-state index in [2.05, 4.69) is 5.32 Å². The summed E-state index contributed by atoms with van der Waals surface area (Å²) < 4.78 is 19.4. The maximum atomic E-state index is 13.8. The van der Waals surface area contributed by atoms with E-state index < -0.39 is 0 Å². The number of amides is 2. The Morgan fingerprint density at radius 3 is 2.46 bits per heavy atom. The Morgan fingerprint density at radius 1 is 1.08 bits per heavy atom. The van der Waals surface area contributed by atoms with Crippen LogP contribution in [0.5, 0.6) is 5.75 Å². The molecule has 2 aromatic carbocycles. The van der Waals surface area contributed by atoms with Crippen LogP contribution in [0.1, 0.15) is 0 Å². The summed E-state index contributed by atoms with van der Waals surface area (Å²) in [5, 5.41) is 3.50. The molecule has 1 heterocycles. The Bertz CT molecular complexity index is 734. The first-order valence-corrected chi connectivity index (χ1v) is 8.92. The molecule has 0 atom stereocenters. The molecule has 1 N–H and O–H groups in total. The van der Waals surface area contributed by atoms with E-state index in [1.54, 1.807) is 41.3 Å². The van der Waals surface area contributed by atoms with Gasteiger partial charge in [-0.05, 0) is 36.4 Å². The van der Waals surface area contributed by atoms with Crippen LogP contribution in [0.3, 0.4) is 0 Å². The zero-order valence-corrected chi connectivity index (χ0v) is 15.1. The van der Waals surface area contributed by atoms with Crippen molar-refractivity contribution in [2.24, 2.45) is 0 Å². The quantitative estimate of drug-likeness (QED) is 0.812. The van der Waals surface area contributed by atoms with E-state index in [4.69, 9.17) is 16.3 Å². The molecule has 1 aliphatic heterocycles. The summed E-state index contributed by atoms with van der Waals surface area (Å²) in [5.74, 6) is 0.479. The number of nitrogens with zero attached hydrogens (tertiary/aromatic N) is 2. The van der Waals surface area contributed by atoms with Crippen LogP contribution in [0.25, 0.3) is 0 Å². The third kappa shape index (κ3) is 4.79. The second-order valence-corrected chi connectivity index (χ2v) is 6.40. The van der Waals surface area contributed by atoms with Gasteiger partial charge in [-0.1, -0.05) is 23.7 Å². The molecule has 3 rings (SSSR count). The fraction of sp³-hybridized carbons (Fsp3) is 0.316. The number of halogens is 2. The second kappa shape index (κ2) is 8.76. The van der Waals surface area contributed by atoms with Crippen molar-refractivity contribution in [1.29, 1.82) is 0 Å². The summed E-state index contributed by atoms with van der Waals surface area (Å²) >= 11 is 5.82. The highest BCUT2D eigenvalue weighted by Crippen LogP contribution is 2.20. The minimum absolute atomic E-state index is 0.127. The Labute approximate surface area is 157 Å². The zero-order valence-electron chi connectivity index (χ0n) is 14.3. The number of hydrogen-bond acceptors (Lipinski definition) is 3. The number of piperazine rings is 1. The van der Waals surface area contributed by atoms with Crippen molar-refractivity contribution < 1.29 is 13.9 Å². The van der Waals surface area contributed by atoms with Crippen LogP contribution >= 0.6 is 11.6 Å². The van der Waals surface area contributed by atoms with Crippen molar-refractivity contribution in [3.05, 3.63) is 59.4 Å². The van der Waals surface area contributed by atoms with E-state index >= 15 is 0 Å². The average Bonchev–Trinajstić information content (AvgIpc) is 2.67. The third-order valence-corrected chi connectivity index (χ3v) is 4.47. The van der Waals surface area contributed by atoms with Gasteiger partial charge in [0.25, 0.3) is 0 Å². The molecule has 7 heteroatoms. The van der Waals surface area contributed by atoms with Crippen LogP contribution in [-0.2, 0) is 0 Å². The van der Waals surface area contributed by atoms with Crippen molar-refractivity contribution in [3.63, 3.8) is 0 Å². The van der Waals surface area contributed by atoms with Gasteiger partial charge < -0.3 is 19.9 Å². The lowest BCUT2D eigenvalue weighted by Crippen LogP contribution is -2.52. The number of nitrogens with one attached hydrogen (secondary N) is 1. The number of para-hydroxylation sites is 1. The Hall–Kier alpha value is -2.47. The Morgan fingerprint density at radius 2 is 1.77 bits per heavy atom. The monoisotopic (exact) mass is 377 g/mol. The molecule has 0 unspecified atom stereocenters. The molecule has 2 amide bonds. The van der Waals surface area contributed by atoms with Crippen molar-refractivity contribution in [3.8, 4) is 5.75 Å². The largest absolute Gasteiger partial charge is 0.492 e. The van der Waals surface area contributed by atoms with E-state index in [-0.39, 0.29) is 11.8 Å². The van der Waals surface area contributed by atoms with Gasteiger partial charge in [0, 0.05) is 31.2 Å². The molecule has 2 aromatic rings. The third-order valence-electron chi connectivity index (χ3n) is 4.22. The molecule has 0 bridgehead atoms. The molecule has 0 aliphatic carbocycles. The molecule has 26 heavy (non-hydrogen) atoms. The highest BCUT2D eigenvalue weighted by atomic mass is 35.5. The fourth-order valence-electron chi connectivity index (χ4n) is 2.83. The topological polar surface area (TPSA) is 44.8 Å². The molecule has 0 radical (unpaired) electrons. The molecule has 0 spiro atoms. The maximum absolute atomic E-state index is 13.8. The van der Waals surface area contributed by atoms with Gasteiger partial charge in [-0.2, -0.15) is 0 Å². The summed E-state index contributed by atoms with van der Waals surface area (Å²) in [6.45, 7) is 3.11. The minimum Gasteiger partial charge on any atom is -0.492 e. The highest BCUT2D eigenvalue weighted by molar-refractivity contribution is 6.30. The van der Waals surface area contributed by atoms with Crippen LogP contribution in [0.15, 0.2) is 48.5 Å². The van der Waals surface area contributed by atoms with Crippen molar-refractivity contribution in [2.45, 2.75) is 0 Å². The van der Waals surface area contributed by atoms with Gasteiger partial charge in [0.05, 0.1) is 12.2 Å². The van der Waals surface area contributed by atoms with Gasteiger partial charge in [0.15, 0.2) is 0 Å². The van der Waals surface area contributed by atoms with Gasteiger partial charge in [0.1, 0.15) is 18.2 Å². The van der Waals surface area contributed by atoms with Crippen LogP contribution in [0.2, 0.25) is 5.02 Å². The number of benzene rings is 2. The average molecular weight is 378 g/mol. The number of carbonyl (C=O) groups excluding carboxylic acids is 1. The molecular weight excluding hydrogens is 357 g/mol. The molecule has 138 valence electrons. The Kier molecular flexibility index (Phi) is 6.17. The molecule has 0 saturated carbocycles. The number of carbonyl (C=O) groups is 1. The van der Waals surface area contributed by atoms with Gasteiger partial charge in [-0.3, -0.25) is 0 Å². The summed E-state index contributed by atoms with van der Waals surface area (Å²) in [6, 6.07) is 13.7. The van der Waals surface area contributed by atoms with Crippen molar-refractivity contribution >= 4 is 23.3 Å². The van der Waals surface area contributed by atoms with E-state index in [0.29, 0.717) is 55.8 Å². The SMILES string of the molecule is O=C(NCCOc1ccc(Cl)cc1)N1CCN(c2ccccc2F)CC1. The molecule has 1 aliphatic rings. The first-order valence-electron chi connectivity index (χ1n) is 8.54. The molecule has 5 nitrogen and oxygen atoms in total. The summed E-state index contributed by atoms with van der Waals surface area (Å²) in [5.41, 5.74) is 0.587. The summed E-state index contributed by atoms with van der Waals surface area (Å²) in [7, 11) is 0. The number of hydrogen-bond donors (Lipinski definition) is 1. The predicted octanol–water partition coefficient (Wildman–Crippen LogP) is 3.39. The second-order valence-electron chi connectivity index (χ2n) is 5.96. The van der Waals surface area contributed by atoms with Gasteiger partial charge in [0.2, 0.25) is 0 Å². The number of urea groups is 1. The van der Waals surface area contributed by atoms with E-state index in [1.807, 2.05) is 11.0 Å². The molecular formula is C19H21ClFN3O2. The normalized spacial score (nSPS) is 14.2. The summed E-state index contributed by atoms with van der Waals surface area (Å²) in [4.78, 5) is 15.9. The molecule has 1 fully saturated rings. The number of rotatable bonds is 5. The van der Waals surface area contributed by atoms with Crippen LogP contribution in [-0.4, -0.2) is 50.3 Å². The van der Waals surface area contributed by atoms with E-state index in [9.17, 15) is 9.18 Å². The predicted molar refractivity (Wildman–Crippen MR) is 101 cm³/mol. The van der Waals surface area contributed by atoms with Crippen LogP contribution < -0.4 is 15.0 Å². The van der Waals surface area contributed by atoms with Crippen molar-refractivity contribution in [2.75, 3.05) is 44.2 Å².